The van der Waals surface area contributed by atoms with Gasteiger partial charge in [-0.2, -0.15) is 0 Å². The summed E-state index contributed by atoms with van der Waals surface area (Å²) < 4.78 is 5.85. The molecule has 2 saturated heterocycles. The Bertz CT molecular complexity index is 514. The van der Waals surface area contributed by atoms with Crippen LogP contribution in [0.25, 0.3) is 0 Å². The van der Waals surface area contributed by atoms with E-state index in [1.165, 1.54) is 20.0 Å². The smallest absolute Gasteiger partial charge is 0.355 e. The highest BCUT2D eigenvalue weighted by Gasteiger charge is 2.52. The van der Waals surface area contributed by atoms with Gasteiger partial charge in [0.2, 0.25) is 5.91 Å². The number of hydrogen-bond acceptors (Lipinski definition) is 5. The third kappa shape index (κ3) is 2.37. The molecule has 0 saturated carbocycles. The van der Waals surface area contributed by atoms with Gasteiger partial charge in [0, 0.05) is 24.2 Å². The Morgan fingerprint density at radius 2 is 2.14 bits per heavy atom. The minimum atomic E-state index is -0.493. The van der Waals surface area contributed by atoms with Gasteiger partial charge in [-0.1, -0.05) is 0 Å². The van der Waals surface area contributed by atoms with Crippen molar-refractivity contribution in [3.8, 4) is 0 Å². The van der Waals surface area contributed by atoms with Crippen LogP contribution in [0.5, 0.6) is 0 Å². The van der Waals surface area contributed by atoms with E-state index < -0.39 is 12.0 Å². The van der Waals surface area contributed by atoms with Crippen molar-refractivity contribution in [2.75, 3.05) is 39.5 Å². The minimum Gasteiger partial charge on any atom is -0.464 e. The van der Waals surface area contributed by atoms with Crippen molar-refractivity contribution in [2.24, 2.45) is 5.73 Å². The zero-order chi connectivity index (χ0) is 15.2. The molecule has 2 atom stereocenters. The maximum atomic E-state index is 12.2. The molecule has 6 nitrogen and oxygen atoms in total. The summed E-state index contributed by atoms with van der Waals surface area (Å²) in [6.45, 7) is 3.06. The summed E-state index contributed by atoms with van der Waals surface area (Å²) in [7, 11) is 3.58. The Morgan fingerprint density at radius 1 is 1.48 bits per heavy atom. The zero-order valence-electron chi connectivity index (χ0n) is 12.5. The van der Waals surface area contributed by atoms with Crippen LogP contribution in [0.2, 0.25) is 0 Å². The second-order valence-electron chi connectivity index (χ2n) is 6.31. The lowest BCUT2D eigenvalue weighted by atomic mass is 10.0. The fourth-order valence-electron chi connectivity index (χ4n) is 3.50. The predicted octanol–water partition coefficient (Wildman–Crippen LogP) is -0.104. The van der Waals surface area contributed by atoms with Crippen LogP contribution in [0.4, 0.5) is 0 Å². The molecule has 0 radical (unpaired) electrons. The van der Waals surface area contributed by atoms with Crippen LogP contribution in [0, 0.1) is 0 Å². The van der Waals surface area contributed by atoms with Crippen LogP contribution in [0.3, 0.4) is 0 Å². The van der Waals surface area contributed by atoms with Gasteiger partial charge in [0.15, 0.2) is 0 Å². The van der Waals surface area contributed by atoms with E-state index in [1.54, 1.807) is 16.7 Å². The summed E-state index contributed by atoms with van der Waals surface area (Å²) in [6.07, 6.45) is 2.45. The number of thioether (sulfide) groups is 1. The first-order chi connectivity index (χ1) is 9.97. The highest BCUT2D eigenvalue weighted by Crippen LogP contribution is 2.40. The van der Waals surface area contributed by atoms with E-state index >= 15 is 0 Å². The second kappa shape index (κ2) is 5.30. The van der Waals surface area contributed by atoms with E-state index in [-0.39, 0.29) is 11.3 Å². The first kappa shape index (κ1) is 14.9. The Hall–Kier alpha value is -1.05. The highest BCUT2D eigenvalue weighted by atomic mass is 32.2. The fourth-order valence-corrected chi connectivity index (χ4v) is 4.79. The molecule has 1 amide bonds. The molecule has 21 heavy (non-hydrogen) atoms. The Kier molecular flexibility index (Phi) is 3.75. The Morgan fingerprint density at radius 3 is 2.76 bits per heavy atom. The Labute approximate surface area is 128 Å². The fraction of sp³-hybridized carbons (Fsp3) is 0.714. The molecule has 7 heteroatoms. The number of nitrogens with two attached hydrogens (primary N) is 1. The van der Waals surface area contributed by atoms with Gasteiger partial charge in [0.05, 0.1) is 27.2 Å². The molecule has 0 aromatic heterocycles. The summed E-state index contributed by atoms with van der Waals surface area (Å²) in [4.78, 5) is 25.7. The van der Waals surface area contributed by atoms with Crippen molar-refractivity contribution < 1.29 is 18.8 Å². The van der Waals surface area contributed by atoms with Crippen LogP contribution >= 0.6 is 11.8 Å². The van der Waals surface area contributed by atoms with Gasteiger partial charge in [-0.05, 0) is 0 Å². The molecular formula is C14H22N3O3S+. The summed E-state index contributed by atoms with van der Waals surface area (Å²) in [5, 5.41) is -0.112. The quantitative estimate of drug-likeness (QED) is 0.447. The normalized spacial score (nSPS) is 31.0. The predicted molar refractivity (Wildman–Crippen MR) is 80.1 cm³/mol. The van der Waals surface area contributed by atoms with Crippen LogP contribution in [-0.2, 0) is 14.3 Å². The Balaban J connectivity index is 1.91. The standard InChI is InChI=1S/C14H22N3O3S/c1-17(5-3-4-6-17)7-9-8-21-13-10(15)12(18)16(13)11(9)14(19)20-2/h10,13H,3-8,15H2,1-2H3/q+1/t10-,13-/m1/s1. The summed E-state index contributed by atoms with van der Waals surface area (Å²) in [6, 6.07) is -0.493. The summed E-state index contributed by atoms with van der Waals surface area (Å²) in [5.74, 6) is 0.163. The first-order valence-electron chi connectivity index (χ1n) is 7.31. The van der Waals surface area contributed by atoms with Crippen LogP contribution in [0.1, 0.15) is 12.8 Å². The number of likely N-dealkylation sites (N-methyl/N-ethyl adjacent to an activating group) is 1. The lowest BCUT2D eigenvalue weighted by Gasteiger charge is -2.48. The van der Waals surface area contributed by atoms with Crippen molar-refractivity contribution >= 4 is 23.6 Å². The average Bonchev–Trinajstić information content (AvgIpc) is 2.91. The lowest BCUT2D eigenvalue weighted by Crippen LogP contribution is -2.68. The number of rotatable bonds is 3. The number of carbonyl (C=O) groups is 2. The van der Waals surface area contributed by atoms with Crippen LogP contribution in [-0.4, -0.2) is 72.2 Å². The lowest BCUT2D eigenvalue weighted by molar-refractivity contribution is -0.893. The van der Waals surface area contributed by atoms with E-state index in [0.717, 1.165) is 35.4 Å². The van der Waals surface area contributed by atoms with E-state index in [1.807, 2.05) is 0 Å². The van der Waals surface area contributed by atoms with Crippen LogP contribution < -0.4 is 5.73 Å². The number of esters is 1. The van der Waals surface area contributed by atoms with Crippen molar-refractivity contribution in [1.82, 2.24) is 4.90 Å². The van der Waals surface area contributed by atoms with Gasteiger partial charge < -0.3 is 15.0 Å². The number of carbonyl (C=O) groups excluding carboxylic acids is 2. The molecule has 0 aromatic rings. The molecule has 2 N–H and O–H groups in total. The molecule has 116 valence electrons. The molecule has 0 aromatic carbocycles. The monoisotopic (exact) mass is 312 g/mol. The maximum absolute atomic E-state index is 12.2. The highest BCUT2D eigenvalue weighted by molar-refractivity contribution is 8.00. The zero-order valence-corrected chi connectivity index (χ0v) is 13.3. The van der Waals surface area contributed by atoms with Gasteiger partial charge in [-0.25, -0.2) is 4.79 Å². The minimum absolute atomic E-state index is 0.112. The largest absolute Gasteiger partial charge is 0.464 e. The number of nitrogens with zero attached hydrogens (tertiary/aromatic N) is 2. The number of methoxy groups -OCH3 is 1. The SMILES string of the molecule is COC(=O)C1=C(C[N+]2(C)CCCC2)CS[C@@H]2[C@H](N)C(=O)N12. The third-order valence-corrected chi connectivity index (χ3v) is 6.05. The summed E-state index contributed by atoms with van der Waals surface area (Å²) in [5.41, 5.74) is 7.29. The maximum Gasteiger partial charge on any atom is 0.355 e. The van der Waals surface area contributed by atoms with Gasteiger partial charge in [0.1, 0.15) is 23.7 Å². The van der Waals surface area contributed by atoms with Crippen LogP contribution in [0.15, 0.2) is 11.3 Å². The van der Waals surface area contributed by atoms with Crippen molar-refractivity contribution in [3.05, 3.63) is 11.3 Å². The number of fused-ring (bicyclic) bond motifs is 1. The third-order valence-electron chi connectivity index (χ3n) is 4.69. The molecule has 0 unspecified atom stereocenters. The number of β-lactam (4-membered cyclic amide) rings is 1. The molecule has 2 fully saturated rings. The van der Waals surface area contributed by atoms with Gasteiger partial charge >= 0.3 is 5.97 Å². The average molecular weight is 312 g/mol. The molecule has 3 heterocycles. The van der Waals surface area contributed by atoms with Gasteiger partial charge in [0.25, 0.3) is 0 Å². The van der Waals surface area contributed by atoms with Crippen molar-refractivity contribution in [1.29, 1.82) is 0 Å². The van der Waals surface area contributed by atoms with Gasteiger partial charge in [-0.3, -0.25) is 9.69 Å². The van der Waals surface area contributed by atoms with Crippen molar-refractivity contribution in [3.63, 3.8) is 0 Å². The van der Waals surface area contributed by atoms with E-state index in [4.69, 9.17) is 10.5 Å². The number of likely N-dealkylation sites (tertiary alicyclic amines) is 1. The summed E-state index contributed by atoms with van der Waals surface area (Å²) >= 11 is 1.65. The molecule has 0 aliphatic carbocycles. The molecule has 3 aliphatic heterocycles. The van der Waals surface area contributed by atoms with E-state index in [9.17, 15) is 9.59 Å². The molecular weight excluding hydrogens is 290 g/mol. The van der Waals surface area contributed by atoms with Gasteiger partial charge in [-0.15, -0.1) is 11.8 Å². The van der Waals surface area contributed by atoms with Crippen molar-refractivity contribution in [2.45, 2.75) is 24.3 Å². The number of hydrogen-bond donors (Lipinski definition) is 1. The molecule has 0 bridgehead atoms. The second-order valence-corrected chi connectivity index (χ2v) is 7.42. The van der Waals surface area contributed by atoms with E-state index in [0.29, 0.717) is 5.70 Å². The number of amides is 1. The van der Waals surface area contributed by atoms with E-state index in [2.05, 4.69) is 7.05 Å². The first-order valence-corrected chi connectivity index (χ1v) is 8.36. The topological polar surface area (TPSA) is 72.6 Å². The molecule has 0 spiro atoms. The molecule has 3 aliphatic rings. The number of ether oxygens (including phenoxy) is 1. The number of quaternary nitrogens is 1. The molecule has 3 rings (SSSR count).